The molecule has 15 heavy (non-hydrogen) atoms. The number of carbonyl (C=O) groups is 1. The number of anilines is 1. The molecular weight excluding hydrogens is 202 g/mol. The molecule has 0 radical (unpaired) electrons. The number of hydrogen-bond acceptors (Lipinski definition) is 5. The average Bonchev–Trinajstić information content (AvgIpc) is 2.74. The molecule has 82 valence electrons. The van der Waals surface area contributed by atoms with Crippen molar-refractivity contribution in [3.63, 3.8) is 0 Å². The van der Waals surface area contributed by atoms with Crippen molar-refractivity contribution in [3.05, 3.63) is 17.9 Å². The van der Waals surface area contributed by atoms with Crippen LogP contribution in [-0.4, -0.2) is 46.6 Å². The van der Waals surface area contributed by atoms with Gasteiger partial charge in [-0.25, -0.2) is 4.79 Å². The van der Waals surface area contributed by atoms with Gasteiger partial charge in [0.15, 0.2) is 5.88 Å². The van der Waals surface area contributed by atoms with E-state index in [0.29, 0.717) is 5.88 Å². The van der Waals surface area contributed by atoms with Gasteiger partial charge in [0.2, 0.25) is 5.76 Å². The Morgan fingerprint density at radius 1 is 1.33 bits per heavy atom. The van der Waals surface area contributed by atoms with Crippen molar-refractivity contribution in [2.75, 3.05) is 18.0 Å². The quantitative estimate of drug-likeness (QED) is 0.614. The van der Waals surface area contributed by atoms with Gasteiger partial charge < -0.3 is 24.6 Å². The third-order valence-corrected chi connectivity index (χ3v) is 2.37. The maximum absolute atomic E-state index is 10.5. The lowest BCUT2D eigenvalue weighted by atomic mass is 10.3. The van der Waals surface area contributed by atoms with E-state index in [1.807, 2.05) is 0 Å². The van der Waals surface area contributed by atoms with Gasteiger partial charge >= 0.3 is 5.97 Å². The van der Waals surface area contributed by atoms with Gasteiger partial charge in [0.05, 0.1) is 12.2 Å². The maximum atomic E-state index is 10.5. The molecule has 1 saturated heterocycles. The number of aliphatic hydroxyl groups excluding tert-OH is 2. The average molecular weight is 213 g/mol. The minimum atomic E-state index is -1.14. The number of aromatic carboxylic acids is 1. The largest absolute Gasteiger partial charge is 0.475 e. The first-order valence-corrected chi connectivity index (χ1v) is 4.52. The van der Waals surface area contributed by atoms with Crippen LogP contribution in [0.2, 0.25) is 0 Å². The Kier molecular flexibility index (Phi) is 2.37. The van der Waals surface area contributed by atoms with Crippen LogP contribution in [0.5, 0.6) is 0 Å². The highest BCUT2D eigenvalue weighted by molar-refractivity contribution is 5.84. The zero-order valence-corrected chi connectivity index (χ0v) is 7.83. The SMILES string of the molecule is O=C(O)c1ccc(N2CC(O)C(O)C2)o1. The smallest absolute Gasteiger partial charge is 0.371 e. The first-order valence-electron chi connectivity index (χ1n) is 4.52. The van der Waals surface area contributed by atoms with E-state index in [1.54, 1.807) is 4.90 Å². The van der Waals surface area contributed by atoms with Crippen LogP contribution in [0.15, 0.2) is 16.5 Å². The van der Waals surface area contributed by atoms with Crippen molar-refractivity contribution in [3.8, 4) is 0 Å². The molecule has 6 heteroatoms. The summed E-state index contributed by atoms with van der Waals surface area (Å²) in [6, 6.07) is 2.85. The van der Waals surface area contributed by atoms with E-state index in [-0.39, 0.29) is 18.8 Å². The topological polar surface area (TPSA) is 94.1 Å². The highest BCUT2D eigenvalue weighted by Gasteiger charge is 2.31. The number of furan rings is 1. The molecule has 1 aromatic rings. The van der Waals surface area contributed by atoms with Crippen LogP contribution in [0.1, 0.15) is 10.6 Å². The van der Waals surface area contributed by atoms with Gasteiger partial charge in [0.1, 0.15) is 0 Å². The minimum Gasteiger partial charge on any atom is -0.475 e. The summed E-state index contributed by atoms with van der Waals surface area (Å²) in [5.41, 5.74) is 0. The fourth-order valence-corrected chi connectivity index (χ4v) is 1.56. The number of hydrogen-bond donors (Lipinski definition) is 3. The second-order valence-corrected chi connectivity index (χ2v) is 3.48. The summed E-state index contributed by atoms with van der Waals surface area (Å²) in [6.07, 6.45) is -1.63. The maximum Gasteiger partial charge on any atom is 0.371 e. The highest BCUT2D eigenvalue weighted by atomic mass is 16.4. The van der Waals surface area contributed by atoms with E-state index in [2.05, 4.69) is 0 Å². The molecule has 2 rings (SSSR count). The molecule has 1 aliphatic heterocycles. The summed E-state index contributed by atoms with van der Waals surface area (Å²) in [7, 11) is 0. The number of nitrogens with zero attached hydrogens (tertiary/aromatic N) is 1. The van der Waals surface area contributed by atoms with Crippen LogP contribution in [0, 0.1) is 0 Å². The summed E-state index contributed by atoms with van der Waals surface area (Å²) in [5, 5.41) is 27.2. The van der Waals surface area contributed by atoms with Gasteiger partial charge in [-0.1, -0.05) is 0 Å². The fourth-order valence-electron chi connectivity index (χ4n) is 1.56. The predicted octanol–water partition coefficient (Wildman–Crippen LogP) is -0.480. The highest BCUT2D eigenvalue weighted by Crippen LogP contribution is 2.23. The van der Waals surface area contributed by atoms with Crippen LogP contribution in [-0.2, 0) is 0 Å². The van der Waals surface area contributed by atoms with E-state index in [0.717, 1.165) is 0 Å². The zero-order chi connectivity index (χ0) is 11.0. The van der Waals surface area contributed by atoms with Crippen LogP contribution in [0.4, 0.5) is 5.88 Å². The van der Waals surface area contributed by atoms with Crippen LogP contribution < -0.4 is 4.90 Å². The summed E-state index contributed by atoms with van der Waals surface area (Å²) in [5.74, 6) is -0.939. The molecule has 0 aliphatic carbocycles. The summed E-state index contributed by atoms with van der Waals surface area (Å²) in [6.45, 7) is 0.488. The number of aliphatic hydroxyl groups is 2. The van der Waals surface area contributed by atoms with Crippen molar-refractivity contribution >= 4 is 11.9 Å². The van der Waals surface area contributed by atoms with Crippen molar-refractivity contribution in [2.45, 2.75) is 12.2 Å². The summed E-state index contributed by atoms with van der Waals surface area (Å²) >= 11 is 0. The molecule has 6 nitrogen and oxygen atoms in total. The standard InChI is InChI=1S/C9H11NO5/c11-5-3-10(4-6(5)12)8-2-1-7(15-8)9(13)14/h1-2,5-6,11-12H,3-4H2,(H,13,14). The number of rotatable bonds is 2. The Balaban J connectivity index is 2.14. The normalized spacial score (nSPS) is 25.9. The van der Waals surface area contributed by atoms with E-state index < -0.39 is 18.2 Å². The monoisotopic (exact) mass is 213 g/mol. The van der Waals surface area contributed by atoms with Gasteiger partial charge in [-0.3, -0.25) is 0 Å². The molecule has 0 saturated carbocycles. The molecule has 0 bridgehead atoms. The lowest BCUT2D eigenvalue weighted by molar-refractivity contribution is 0.0572. The Labute approximate surface area is 85.3 Å². The van der Waals surface area contributed by atoms with Crippen LogP contribution in [0.3, 0.4) is 0 Å². The summed E-state index contributed by atoms with van der Waals surface area (Å²) < 4.78 is 5.03. The van der Waals surface area contributed by atoms with Crippen molar-refractivity contribution < 1.29 is 24.5 Å². The Bertz CT molecular complexity index is 364. The molecule has 0 spiro atoms. The van der Waals surface area contributed by atoms with Gasteiger partial charge in [0, 0.05) is 19.2 Å². The van der Waals surface area contributed by atoms with E-state index in [9.17, 15) is 15.0 Å². The Morgan fingerprint density at radius 3 is 2.40 bits per heavy atom. The van der Waals surface area contributed by atoms with Crippen molar-refractivity contribution in [2.24, 2.45) is 0 Å². The lowest BCUT2D eigenvalue weighted by Gasteiger charge is -2.12. The molecule has 2 unspecified atom stereocenters. The molecule has 0 amide bonds. The Hall–Kier alpha value is -1.53. The summed E-state index contributed by atoms with van der Waals surface area (Å²) in [4.78, 5) is 12.1. The predicted molar refractivity (Wildman–Crippen MR) is 49.9 cm³/mol. The third kappa shape index (κ3) is 1.81. The second kappa shape index (κ2) is 3.56. The molecule has 0 aromatic carbocycles. The second-order valence-electron chi connectivity index (χ2n) is 3.48. The first kappa shape index (κ1) is 10.0. The number of carboxylic acid groups (broad SMARTS) is 1. The molecule has 1 aliphatic rings. The van der Waals surface area contributed by atoms with Gasteiger partial charge in [-0.15, -0.1) is 0 Å². The third-order valence-electron chi connectivity index (χ3n) is 2.37. The van der Waals surface area contributed by atoms with Crippen LogP contribution in [0.25, 0.3) is 0 Å². The molecule has 1 aromatic heterocycles. The van der Waals surface area contributed by atoms with E-state index >= 15 is 0 Å². The number of carboxylic acids is 1. The van der Waals surface area contributed by atoms with E-state index in [1.165, 1.54) is 12.1 Å². The Morgan fingerprint density at radius 2 is 1.93 bits per heavy atom. The molecular formula is C9H11NO5. The first-order chi connectivity index (χ1) is 7.08. The fraction of sp³-hybridized carbons (Fsp3) is 0.444. The zero-order valence-electron chi connectivity index (χ0n) is 7.83. The van der Waals surface area contributed by atoms with Gasteiger partial charge in [-0.2, -0.15) is 0 Å². The van der Waals surface area contributed by atoms with Crippen LogP contribution >= 0.6 is 0 Å². The molecule has 2 atom stereocenters. The van der Waals surface area contributed by atoms with E-state index in [4.69, 9.17) is 9.52 Å². The molecule has 2 heterocycles. The molecule has 3 N–H and O–H groups in total. The molecule has 1 fully saturated rings. The van der Waals surface area contributed by atoms with Crippen molar-refractivity contribution in [1.82, 2.24) is 0 Å². The van der Waals surface area contributed by atoms with Crippen molar-refractivity contribution in [1.29, 1.82) is 0 Å². The van der Waals surface area contributed by atoms with Gasteiger partial charge in [-0.05, 0) is 6.07 Å². The van der Waals surface area contributed by atoms with Gasteiger partial charge in [0.25, 0.3) is 0 Å². The lowest BCUT2D eigenvalue weighted by Crippen LogP contribution is -2.22. The number of β-amino-alcohol motifs (C(OH)–C–C–N with tert-alkyl or cyclic N) is 2. The minimum absolute atomic E-state index is 0.152.